The number of aromatic hydroxyl groups is 1. The molecule has 3 aliphatic rings. The smallest absolute Gasteiger partial charge is 0.303 e. The number of aliphatic hydroxyl groups is 2. The van der Waals surface area contributed by atoms with Gasteiger partial charge in [-0.05, 0) is 13.0 Å². The van der Waals surface area contributed by atoms with E-state index in [0.29, 0.717) is 0 Å². The summed E-state index contributed by atoms with van der Waals surface area (Å²) in [6, 6.07) is 2.28. The van der Waals surface area contributed by atoms with Gasteiger partial charge in [0.05, 0.1) is 11.6 Å². The summed E-state index contributed by atoms with van der Waals surface area (Å²) in [7, 11) is 0. The fourth-order valence-corrected chi connectivity index (χ4v) is 4.82. The van der Waals surface area contributed by atoms with E-state index in [1.807, 2.05) is 0 Å². The van der Waals surface area contributed by atoms with Crippen LogP contribution in [0.3, 0.4) is 0 Å². The second kappa shape index (κ2) is 7.42. The van der Waals surface area contributed by atoms with E-state index in [0.717, 1.165) is 20.8 Å². The molecule has 3 aliphatic carbocycles. The molecule has 1 aromatic carbocycles. The number of carbonyl (C=O) groups is 4. The Morgan fingerprint density at radius 2 is 1.73 bits per heavy atom. The minimum Gasteiger partial charge on any atom is -0.711 e. The van der Waals surface area contributed by atoms with Crippen molar-refractivity contribution in [3.8, 4) is 5.75 Å². The van der Waals surface area contributed by atoms with Crippen LogP contribution in [-0.4, -0.2) is 68.8 Å². The number of aliphatic hydroxyl groups excluding tert-OH is 1. The highest BCUT2D eigenvalue weighted by atomic mass is 16.6. The summed E-state index contributed by atoms with van der Waals surface area (Å²) in [4.78, 5) is 50.3. The molecular weight excluding hydrogens is 436 g/mol. The Hall–Kier alpha value is -3.70. The number of esters is 2. The fraction of sp³-hybridized carbons (Fsp3) is 0.364. The van der Waals surface area contributed by atoms with Crippen LogP contribution in [0.25, 0.3) is 5.53 Å². The molecular formula is C22H19N2O9-. The van der Waals surface area contributed by atoms with Crippen molar-refractivity contribution in [2.75, 3.05) is 0 Å². The van der Waals surface area contributed by atoms with Crippen LogP contribution in [0.1, 0.15) is 41.5 Å². The molecule has 1 unspecified atom stereocenters. The monoisotopic (exact) mass is 455 g/mol. The van der Waals surface area contributed by atoms with Crippen molar-refractivity contribution in [3.63, 3.8) is 0 Å². The minimum atomic E-state index is -2.23. The topological polar surface area (TPSA) is 182 Å². The van der Waals surface area contributed by atoms with Crippen LogP contribution >= 0.6 is 0 Å². The van der Waals surface area contributed by atoms with Gasteiger partial charge in [-0.25, -0.2) is 0 Å². The molecule has 1 aromatic rings. The molecule has 172 valence electrons. The molecule has 0 aliphatic heterocycles. The standard InChI is InChI=1S/C22H19N2O9/c1-7(25)32-20-15-13(19(30)21(22(20,3)31)33-8(2)26)12-14(16(15)24-23)18(29)11-9(17(12)28)5-4-6-10(11)27/h4-6,16,19-21,27,30-31H,1-3H3/q-1/t16?,19-,20-,21+,22+/m1/s1. The molecule has 0 aromatic heterocycles. The first-order valence-corrected chi connectivity index (χ1v) is 9.92. The lowest BCUT2D eigenvalue weighted by Crippen LogP contribution is -2.62. The van der Waals surface area contributed by atoms with Crippen molar-refractivity contribution in [1.82, 2.24) is 0 Å². The minimum absolute atomic E-state index is 0.151. The fourth-order valence-electron chi connectivity index (χ4n) is 4.82. The van der Waals surface area contributed by atoms with Gasteiger partial charge in [0, 0.05) is 41.7 Å². The van der Waals surface area contributed by atoms with E-state index in [9.17, 15) is 40.0 Å². The molecule has 0 heterocycles. The van der Waals surface area contributed by atoms with Gasteiger partial charge in [0.2, 0.25) is 0 Å². The first-order chi connectivity index (χ1) is 15.4. The predicted molar refractivity (Wildman–Crippen MR) is 108 cm³/mol. The number of hydrogen-bond acceptors (Lipinski definition) is 10. The highest BCUT2D eigenvalue weighted by Crippen LogP contribution is 2.51. The van der Waals surface area contributed by atoms with E-state index in [2.05, 4.69) is 5.11 Å². The Bertz CT molecular complexity index is 1210. The van der Waals surface area contributed by atoms with Gasteiger partial charge in [-0.1, -0.05) is 12.1 Å². The van der Waals surface area contributed by atoms with Gasteiger partial charge >= 0.3 is 11.9 Å². The second-order valence-corrected chi connectivity index (χ2v) is 8.22. The molecule has 0 radical (unpaired) electrons. The van der Waals surface area contributed by atoms with E-state index in [1.54, 1.807) is 0 Å². The van der Waals surface area contributed by atoms with E-state index in [1.165, 1.54) is 18.2 Å². The van der Waals surface area contributed by atoms with Crippen LogP contribution in [0.15, 0.2) is 45.6 Å². The summed E-state index contributed by atoms with van der Waals surface area (Å²) in [5, 5.41) is 35.7. The van der Waals surface area contributed by atoms with E-state index >= 15 is 0 Å². The molecule has 33 heavy (non-hydrogen) atoms. The lowest BCUT2D eigenvalue weighted by Gasteiger charge is -2.45. The number of Topliss-reactive ketones (excluding diaryl/α,β-unsaturated/α-hetero) is 2. The summed E-state index contributed by atoms with van der Waals surface area (Å²) in [5.74, 6) is -3.82. The third kappa shape index (κ3) is 3.04. The highest BCUT2D eigenvalue weighted by molar-refractivity contribution is 6.31. The first kappa shape index (κ1) is 22.5. The predicted octanol–water partition coefficient (Wildman–Crippen LogP) is 0.757. The van der Waals surface area contributed by atoms with Gasteiger partial charge < -0.3 is 35.4 Å². The first-order valence-electron chi connectivity index (χ1n) is 9.92. The number of ether oxygens (including phenoxy) is 2. The lowest BCUT2D eigenvalue weighted by atomic mass is 9.73. The van der Waals surface area contributed by atoms with Crippen LogP contribution in [0.4, 0.5) is 0 Å². The Morgan fingerprint density at radius 3 is 2.30 bits per heavy atom. The number of rotatable bonds is 3. The van der Waals surface area contributed by atoms with Gasteiger partial charge in [0.25, 0.3) is 0 Å². The van der Waals surface area contributed by atoms with Gasteiger partial charge in [-0.3, -0.25) is 19.2 Å². The van der Waals surface area contributed by atoms with Crippen LogP contribution in [0.5, 0.6) is 5.75 Å². The molecule has 4 rings (SSSR count). The number of hydrogen-bond donors (Lipinski definition) is 3. The number of phenols is 1. The van der Waals surface area contributed by atoms with Crippen molar-refractivity contribution >= 4 is 23.5 Å². The van der Waals surface area contributed by atoms with Crippen molar-refractivity contribution < 1.29 is 44.0 Å². The molecule has 11 heteroatoms. The molecule has 5 atom stereocenters. The summed E-state index contributed by atoms with van der Waals surface area (Å²) >= 11 is 0. The van der Waals surface area contributed by atoms with Crippen LogP contribution < -0.4 is 0 Å². The zero-order valence-corrected chi connectivity index (χ0v) is 17.7. The molecule has 3 N–H and O–H groups in total. The number of nitrogens with zero attached hydrogens (tertiary/aromatic N) is 2. The van der Waals surface area contributed by atoms with Crippen molar-refractivity contribution in [1.29, 1.82) is 0 Å². The summed E-state index contributed by atoms with van der Waals surface area (Å²) in [6.45, 7) is 3.21. The lowest BCUT2D eigenvalue weighted by molar-refractivity contribution is -0.201. The molecule has 0 bridgehead atoms. The quantitative estimate of drug-likeness (QED) is 0.437. The number of carbonyl (C=O) groups excluding carboxylic acids is 4. The highest BCUT2D eigenvalue weighted by Gasteiger charge is 2.61. The maximum Gasteiger partial charge on any atom is 0.303 e. The number of ketones is 2. The Balaban J connectivity index is 2.01. The molecule has 0 fully saturated rings. The van der Waals surface area contributed by atoms with Crippen LogP contribution in [-0.2, 0) is 19.1 Å². The number of fused-ring (bicyclic) bond motifs is 2. The maximum atomic E-state index is 13.4. The summed E-state index contributed by atoms with van der Waals surface area (Å²) in [5.41, 5.74) is 6.00. The maximum absolute atomic E-state index is 13.4. The Kier molecular flexibility index (Phi) is 5.06. The van der Waals surface area contributed by atoms with Crippen molar-refractivity contribution in [2.45, 2.75) is 50.7 Å². The number of benzene rings is 1. The molecule has 0 amide bonds. The van der Waals surface area contributed by atoms with E-state index < -0.39 is 59.2 Å². The van der Waals surface area contributed by atoms with E-state index in [-0.39, 0.29) is 33.4 Å². The molecule has 0 saturated carbocycles. The summed E-state index contributed by atoms with van der Waals surface area (Å²) in [6.07, 6.45) is -5.18. The third-order valence-corrected chi connectivity index (χ3v) is 6.07. The largest absolute Gasteiger partial charge is 0.711 e. The zero-order valence-electron chi connectivity index (χ0n) is 17.7. The second-order valence-electron chi connectivity index (χ2n) is 8.22. The molecule has 11 nitrogen and oxygen atoms in total. The van der Waals surface area contributed by atoms with Gasteiger partial charge in [-0.2, -0.15) is 0 Å². The Labute approximate surface area is 186 Å². The molecule has 0 spiro atoms. The van der Waals surface area contributed by atoms with Crippen LogP contribution in [0.2, 0.25) is 0 Å². The van der Waals surface area contributed by atoms with Crippen molar-refractivity contribution in [3.05, 3.63) is 57.1 Å². The normalized spacial score (nSPS) is 30.5. The molecule has 0 saturated heterocycles. The van der Waals surface area contributed by atoms with Gasteiger partial charge in [0.1, 0.15) is 17.5 Å². The SMILES string of the molecule is CC(=O)O[C@@H]1C2=C(C3=C(C(=O)c4c(O)cccc4C3=O)C2N=[N-])[C@@H](O)[C@H](OC(C)=O)[C@@]1(C)O. The number of phenolic OH excluding ortho intramolecular Hbond substituents is 1. The van der Waals surface area contributed by atoms with E-state index in [4.69, 9.17) is 9.47 Å². The summed E-state index contributed by atoms with van der Waals surface area (Å²) < 4.78 is 10.4. The average Bonchev–Trinajstić information content (AvgIpc) is 3.07. The van der Waals surface area contributed by atoms with Gasteiger partial charge in [0.15, 0.2) is 23.8 Å². The Morgan fingerprint density at radius 1 is 1.09 bits per heavy atom. The van der Waals surface area contributed by atoms with Crippen LogP contribution in [0, 0.1) is 0 Å². The van der Waals surface area contributed by atoms with Gasteiger partial charge in [-0.15, -0.1) is 0 Å². The third-order valence-electron chi connectivity index (χ3n) is 6.07. The average molecular weight is 455 g/mol. The zero-order chi connectivity index (χ0) is 24.4. The van der Waals surface area contributed by atoms with Crippen molar-refractivity contribution in [2.24, 2.45) is 5.11 Å².